The fourth-order valence-electron chi connectivity index (χ4n) is 6.02. The van der Waals surface area contributed by atoms with E-state index in [4.69, 9.17) is 16.3 Å². The summed E-state index contributed by atoms with van der Waals surface area (Å²) < 4.78 is 6.05. The fraction of sp³-hybridized carbons (Fsp3) is 0.237. The van der Waals surface area contributed by atoms with Crippen molar-refractivity contribution < 1.29 is 19.4 Å². The zero-order valence-electron chi connectivity index (χ0n) is 25.2. The normalized spacial score (nSPS) is 16.4. The number of benzene rings is 4. The molecule has 1 amide bonds. The van der Waals surface area contributed by atoms with Gasteiger partial charge in [0, 0.05) is 34.7 Å². The number of halogens is 1. The van der Waals surface area contributed by atoms with Gasteiger partial charge in [-0.2, -0.15) is 0 Å². The lowest BCUT2D eigenvalue weighted by molar-refractivity contribution is -0.139. The zero-order chi connectivity index (χ0) is 31.6. The molecule has 0 fully saturated rings. The van der Waals surface area contributed by atoms with Crippen molar-refractivity contribution in [2.24, 2.45) is 10.9 Å². The molecule has 2 atom stereocenters. The van der Waals surface area contributed by atoms with Crippen LogP contribution in [0, 0.1) is 5.92 Å². The van der Waals surface area contributed by atoms with E-state index in [-0.39, 0.29) is 18.4 Å². The molecule has 0 bridgehead atoms. The van der Waals surface area contributed by atoms with E-state index in [1.807, 2.05) is 72.8 Å². The maximum absolute atomic E-state index is 14.1. The molecular weight excluding hydrogens is 584 g/mol. The van der Waals surface area contributed by atoms with Crippen LogP contribution in [-0.4, -0.2) is 42.5 Å². The maximum atomic E-state index is 14.1. The summed E-state index contributed by atoms with van der Waals surface area (Å²) in [6, 6.07) is 37.5. The highest BCUT2D eigenvalue weighted by Gasteiger charge is 2.41. The molecule has 0 saturated carbocycles. The average Bonchev–Trinajstić information content (AvgIpc) is 3.05. The predicted octanol–water partition coefficient (Wildman–Crippen LogP) is 7.45. The van der Waals surface area contributed by atoms with Crippen molar-refractivity contribution in [2.45, 2.75) is 31.6 Å². The lowest BCUT2D eigenvalue weighted by Gasteiger charge is -2.32. The molecule has 4 aromatic rings. The number of ether oxygens (including phenoxy) is 1. The first-order valence-electron chi connectivity index (χ1n) is 15.2. The first kappa shape index (κ1) is 31.9. The fourth-order valence-corrected chi connectivity index (χ4v) is 6.22. The number of rotatable bonds is 13. The van der Waals surface area contributed by atoms with E-state index in [0.29, 0.717) is 53.6 Å². The Morgan fingerprint density at radius 3 is 2.11 bits per heavy atom. The second kappa shape index (κ2) is 15.5. The Kier molecular flexibility index (Phi) is 11.0. The molecule has 0 aromatic heterocycles. The van der Waals surface area contributed by atoms with Gasteiger partial charge in [-0.1, -0.05) is 115 Å². The average molecular weight is 621 g/mol. The van der Waals surface area contributed by atoms with Crippen LogP contribution in [0.15, 0.2) is 132 Å². The molecule has 0 saturated heterocycles. The highest BCUT2D eigenvalue weighted by molar-refractivity contribution is 6.30. The molecular formula is C38H37ClN2O4. The smallest absolute Gasteiger partial charge is 0.313 e. The Morgan fingerprint density at radius 1 is 0.889 bits per heavy atom. The van der Waals surface area contributed by atoms with E-state index in [2.05, 4.69) is 34.6 Å². The van der Waals surface area contributed by atoms with Gasteiger partial charge in [0.2, 0.25) is 5.91 Å². The third-order valence-corrected chi connectivity index (χ3v) is 8.41. The topological polar surface area (TPSA) is 88.0 Å². The second-order valence-electron chi connectivity index (χ2n) is 11.2. The molecule has 0 spiro atoms. The molecule has 6 nitrogen and oxygen atoms in total. The number of carboxylic acids is 1. The number of aliphatic carboxylic acids is 1. The van der Waals surface area contributed by atoms with Crippen LogP contribution in [0.25, 0.3) is 0 Å². The number of carboxylic acid groups (broad SMARTS) is 1. The Labute approximate surface area is 269 Å². The number of aliphatic imine (C=N–C) groups is 1. The van der Waals surface area contributed by atoms with Crippen LogP contribution in [0.2, 0.25) is 5.02 Å². The van der Waals surface area contributed by atoms with Crippen molar-refractivity contribution >= 4 is 29.2 Å². The summed E-state index contributed by atoms with van der Waals surface area (Å²) in [5.74, 6) is -3.15. The number of amides is 1. The van der Waals surface area contributed by atoms with E-state index in [1.165, 1.54) is 0 Å². The van der Waals surface area contributed by atoms with Crippen molar-refractivity contribution in [1.29, 1.82) is 0 Å². The Hall–Kier alpha value is -4.52. The van der Waals surface area contributed by atoms with Gasteiger partial charge in [0.05, 0.1) is 18.9 Å². The van der Waals surface area contributed by atoms with Gasteiger partial charge in [0.15, 0.2) is 0 Å². The van der Waals surface area contributed by atoms with Crippen molar-refractivity contribution in [3.05, 3.63) is 154 Å². The first-order chi connectivity index (χ1) is 21.9. The molecule has 1 heterocycles. The molecule has 1 aliphatic heterocycles. The van der Waals surface area contributed by atoms with Crippen LogP contribution in [0.5, 0.6) is 0 Å². The Morgan fingerprint density at radius 2 is 1.51 bits per heavy atom. The molecule has 0 radical (unpaired) electrons. The van der Waals surface area contributed by atoms with Crippen molar-refractivity contribution in [3.8, 4) is 0 Å². The van der Waals surface area contributed by atoms with Crippen LogP contribution in [0.4, 0.5) is 0 Å². The number of hydrogen-bond acceptors (Lipinski definition) is 4. The SMILES string of the molecule is CC1=NC(COCCc2ccccc2)=C(C(=O)NCCC(c2ccccc2)c2ccccc2)C(c2cccc(Cl)c2)C1C(=O)O. The monoisotopic (exact) mass is 620 g/mol. The number of hydrogen-bond donors (Lipinski definition) is 2. The van der Waals surface area contributed by atoms with E-state index in [0.717, 1.165) is 16.7 Å². The number of nitrogens with zero attached hydrogens (tertiary/aromatic N) is 1. The van der Waals surface area contributed by atoms with Gasteiger partial charge in [-0.05, 0) is 54.2 Å². The van der Waals surface area contributed by atoms with E-state index in [1.54, 1.807) is 25.1 Å². The highest BCUT2D eigenvalue weighted by Crippen LogP contribution is 2.40. The van der Waals surface area contributed by atoms with Crippen LogP contribution in [-0.2, 0) is 20.7 Å². The standard InChI is InChI=1S/C38H37ClN2O4/c1-26-34(38(43)44)35(30-18-11-19-31(39)24-30)36(33(41-26)25-45-23-21-27-12-5-2-6-13-27)37(42)40-22-20-32(28-14-7-3-8-15-28)29-16-9-4-10-17-29/h2-19,24,32,34-35H,20-23,25H2,1H3,(H,40,42)(H,43,44). The zero-order valence-corrected chi connectivity index (χ0v) is 26.0. The Bertz CT molecular complexity index is 1620. The van der Waals surface area contributed by atoms with E-state index < -0.39 is 17.8 Å². The van der Waals surface area contributed by atoms with E-state index >= 15 is 0 Å². The second-order valence-corrected chi connectivity index (χ2v) is 11.6. The first-order valence-corrected chi connectivity index (χ1v) is 15.6. The van der Waals surface area contributed by atoms with Gasteiger partial charge in [-0.3, -0.25) is 14.6 Å². The molecule has 230 valence electrons. The van der Waals surface area contributed by atoms with Crippen LogP contribution in [0.1, 0.15) is 47.4 Å². The van der Waals surface area contributed by atoms with Gasteiger partial charge in [0.25, 0.3) is 0 Å². The van der Waals surface area contributed by atoms with Crippen molar-refractivity contribution in [2.75, 3.05) is 19.8 Å². The van der Waals surface area contributed by atoms with Crippen molar-refractivity contribution in [3.63, 3.8) is 0 Å². The molecule has 2 unspecified atom stereocenters. The lowest BCUT2D eigenvalue weighted by atomic mass is 9.75. The predicted molar refractivity (Wildman–Crippen MR) is 179 cm³/mol. The summed E-state index contributed by atoms with van der Waals surface area (Å²) in [6.45, 7) is 2.57. The van der Waals surface area contributed by atoms with Gasteiger partial charge in [0.1, 0.15) is 5.92 Å². The highest BCUT2D eigenvalue weighted by atomic mass is 35.5. The summed E-state index contributed by atoms with van der Waals surface area (Å²) in [7, 11) is 0. The summed E-state index contributed by atoms with van der Waals surface area (Å²) >= 11 is 6.37. The van der Waals surface area contributed by atoms with E-state index in [9.17, 15) is 14.7 Å². The molecule has 1 aliphatic rings. The lowest BCUT2D eigenvalue weighted by Crippen LogP contribution is -2.39. The van der Waals surface area contributed by atoms with Gasteiger partial charge >= 0.3 is 5.97 Å². The summed E-state index contributed by atoms with van der Waals surface area (Å²) in [6.07, 6.45) is 1.36. The number of carbonyl (C=O) groups excluding carboxylic acids is 1. The molecule has 45 heavy (non-hydrogen) atoms. The third-order valence-electron chi connectivity index (χ3n) is 8.17. The minimum absolute atomic E-state index is 0.0737. The van der Waals surface area contributed by atoms with Crippen LogP contribution in [0.3, 0.4) is 0 Å². The summed E-state index contributed by atoms with van der Waals surface area (Å²) in [5.41, 5.74) is 5.24. The quantitative estimate of drug-likeness (QED) is 0.152. The van der Waals surface area contributed by atoms with Gasteiger partial charge < -0.3 is 15.2 Å². The molecule has 4 aromatic carbocycles. The largest absolute Gasteiger partial charge is 0.481 e. The molecule has 0 aliphatic carbocycles. The van der Waals surface area contributed by atoms with Crippen LogP contribution >= 0.6 is 11.6 Å². The van der Waals surface area contributed by atoms with Crippen molar-refractivity contribution in [1.82, 2.24) is 5.32 Å². The van der Waals surface area contributed by atoms with Gasteiger partial charge in [-0.25, -0.2) is 0 Å². The van der Waals surface area contributed by atoms with Crippen LogP contribution < -0.4 is 5.32 Å². The van der Waals surface area contributed by atoms with Gasteiger partial charge in [-0.15, -0.1) is 0 Å². The molecule has 7 heteroatoms. The summed E-state index contributed by atoms with van der Waals surface area (Å²) in [4.78, 5) is 31.4. The number of nitrogens with one attached hydrogen (secondary N) is 1. The molecule has 2 N–H and O–H groups in total. The minimum atomic E-state index is -1.05. The Balaban J connectivity index is 1.43. The maximum Gasteiger partial charge on any atom is 0.313 e. The third kappa shape index (κ3) is 8.15. The number of carbonyl (C=O) groups is 2. The summed E-state index contributed by atoms with van der Waals surface area (Å²) in [5, 5.41) is 13.9. The molecule has 5 rings (SSSR count). The minimum Gasteiger partial charge on any atom is -0.481 e.